The van der Waals surface area contributed by atoms with Crippen molar-refractivity contribution in [2.75, 3.05) is 23.0 Å². The summed E-state index contributed by atoms with van der Waals surface area (Å²) in [6.07, 6.45) is 4.99. The summed E-state index contributed by atoms with van der Waals surface area (Å²) in [4.78, 5) is 55.5. The summed E-state index contributed by atoms with van der Waals surface area (Å²) in [6, 6.07) is 18.8. The van der Waals surface area contributed by atoms with E-state index in [1.54, 1.807) is 28.9 Å². The number of hydrogen-bond donors (Lipinski definition) is 2. The highest BCUT2D eigenvalue weighted by molar-refractivity contribution is 6.07. The third kappa shape index (κ3) is 5.56. The number of nitrogens with zero attached hydrogens (tertiary/aromatic N) is 4. The summed E-state index contributed by atoms with van der Waals surface area (Å²) in [5.41, 5.74) is 1.69. The van der Waals surface area contributed by atoms with E-state index >= 15 is 0 Å². The van der Waals surface area contributed by atoms with Gasteiger partial charge in [-0.05, 0) is 47.7 Å². The first kappa shape index (κ1) is 31.1. The summed E-state index contributed by atoms with van der Waals surface area (Å²) in [7, 11) is 0. The number of non-ortho nitro benzene ring substituents is 1. The molecule has 0 unspecified atom stereocenters. The average molecular weight is 625 g/mol. The Kier molecular flexibility index (Phi) is 8.45. The number of anilines is 2. The van der Waals surface area contributed by atoms with Gasteiger partial charge in [-0.1, -0.05) is 55.5 Å². The molecule has 238 valence electrons. The summed E-state index contributed by atoms with van der Waals surface area (Å²) < 4.78 is 0. The number of benzene rings is 3. The van der Waals surface area contributed by atoms with Crippen LogP contribution in [0.5, 0.6) is 0 Å². The van der Waals surface area contributed by atoms with Gasteiger partial charge < -0.3 is 24.9 Å². The number of aliphatic hydroxyl groups is 2. The monoisotopic (exact) mass is 624 g/mol. The van der Waals surface area contributed by atoms with Crippen molar-refractivity contribution >= 4 is 34.8 Å². The maximum Gasteiger partial charge on any atom is 0.269 e. The van der Waals surface area contributed by atoms with Crippen molar-refractivity contribution in [1.29, 1.82) is 0 Å². The fourth-order valence-corrected chi connectivity index (χ4v) is 6.80. The normalized spacial score (nSPS) is 21.5. The molecule has 11 nitrogen and oxygen atoms in total. The van der Waals surface area contributed by atoms with Gasteiger partial charge in [0.15, 0.2) is 5.60 Å². The largest absolute Gasteiger partial charge is 0.394 e. The number of rotatable bonds is 9. The Balaban J connectivity index is 1.24. The van der Waals surface area contributed by atoms with E-state index in [9.17, 15) is 34.7 Å². The van der Waals surface area contributed by atoms with Crippen LogP contribution in [0.4, 0.5) is 17.1 Å². The van der Waals surface area contributed by atoms with Gasteiger partial charge in [-0.25, -0.2) is 0 Å². The van der Waals surface area contributed by atoms with E-state index < -0.39 is 22.3 Å². The zero-order chi connectivity index (χ0) is 32.6. The van der Waals surface area contributed by atoms with Gasteiger partial charge in [-0.3, -0.25) is 24.5 Å². The molecule has 6 rings (SSSR count). The standard InChI is InChI=1S/C35H36N4O7/c1-23(7-4-12-33(42)37-21-26-10-3-2-9-25(26)18-29(37)22-40)35(44)30-19-28(39(45)46)14-15-31(30)38(34(35)43)20-24-8-5-11-27(17-24)36-16-6-13-32(36)41/h2-5,7-11,14-15,17,19,23,29,40,44H,6,12-13,16,18,20-22H2,1H3/b7-4+/t23-,29-,35+/m0/s1. The van der Waals surface area contributed by atoms with Crippen molar-refractivity contribution < 1.29 is 29.5 Å². The van der Waals surface area contributed by atoms with Crippen LogP contribution in [0.3, 0.4) is 0 Å². The maximum atomic E-state index is 14.1. The zero-order valence-electron chi connectivity index (χ0n) is 25.5. The third-order valence-electron chi connectivity index (χ3n) is 9.36. The first-order valence-corrected chi connectivity index (χ1v) is 15.5. The van der Waals surface area contributed by atoms with Crippen LogP contribution < -0.4 is 9.80 Å². The summed E-state index contributed by atoms with van der Waals surface area (Å²) in [5.74, 6) is -1.64. The number of fused-ring (bicyclic) bond motifs is 2. The highest BCUT2D eigenvalue weighted by Gasteiger charge is 2.53. The molecule has 0 radical (unpaired) electrons. The van der Waals surface area contributed by atoms with Gasteiger partial charge in [0.25, 0.3) is 11.6 Å². The van der Waals surface area contributed by atoms with E-state index in [1.807, 2.05) is 48.5 Å². The van der Waals surface area contributed by atoms with Crippen LogP contribution in [-0.4, -0.2) is 57.0 Å². The molecule has 3 amide bonds. The molecule has 0 aliphatic carbocycles. The van der Waals surface area contributed by atoms with Crippen molar-refractivity contribution in [2.45, 2.75) is 57.3 Å². The minimum absolute atomic E-state index is 0.0131. The number of carbonyl (C=O) groups is 3. The quantitative estimate of drug-likeness (QED) is 0.208. The van der Waals surface area contributed by atoms with E-state index in [-0.39, 0.29) is 48.7 Å². The molecule has 1 saturated heterocycles. The van der Waals surface area contributed by atoms with Gasteiger partial charge in [-0.15, -0.1) is 0 Å². The van der Waals surface area contributed by atoms with Gasteiger partial charge in [-0.2, -0.15) is 0 Å². The van der Waals surface area contributed by atoms with E-state index in [4.69, 9.17) is 0 Å². The van der Waals surface area contributed by atoms with Crippen LogP contribution in [0.25, 0.3) is 0 Å². The molecular weight excluding hydrogens is 588 g/mol. The van der Waals surface area contributed by atoms with Crippen LogP contribution in [0.15, 0.2) is 78.9 Å². The van der Waals surface area contributed by atoms with Crippen LogP contribution in [-0.2, 0) is 39.5 Å². The maximum absolute atomic E-state index is 14.1. The topological polar surface area (TPSA) is 145 Å². The lowest BCUT2D eigenvalue weighted by molar-refractivity contribution is -0.385. The lowest BCUT2D eigenvalue weighted by atomic mass is 9.82. The predicted molar refractivity (Wildman–Crippen MR) is 171 cm³/mol. The van der Waals surface area contributed by atoms with Crippen molar-refractivity contribution in [2.24, 2.45) is 5.92 Å². The van der Waals surface area contributed by atoms with E-state index in [1.165, 1.54) is 23.1 Å². The Morgan fingerprint density at radius 3 is 2.61 bits per heavy atom. The second kappa shape index (κ2) is 12.5. The summed E-state index contributed by atoms with van der Waals surface area (Å²) in [6.45, 7) is 2.55. The first-order chi connectivity index (χ1) is 22.1. The minimum Gasteiger partial charge on any atom is -0.394 e. The molecular formula is C35H36N4O7. The Labute approximate surface area is 266 Å². The van der Waals surface area contributed by atoms with E-state index in [2.05, 4.69) is 0 Å². The third-order valence-corrected chi connectivity index (χ3v) is 9.36. The molecule has 3 atom stereocenters. The van der Waals surface area contributed by atoms with Crippen molar-refractivity contribution in [1.82, 2.24) is 4.90 Å². The Hall–Kier alpha value is -4.87. The molecule has 3 aliphatic rings. The molecule has 11 heteroatoms. The molecule has 0 saturated carbocycles. The Morgan fingerprint density at radius 1 is 1.11 bits per heavy atom. The Morgan fingerprint density at radius 2 is 1.89 bits per heavy atom. The Bertz CT molecular complexity index is 1740. The second-order valence-corrected chi connectivity index (χ2v) is 12.2. The smallest absolute Gasteiger partial charge is 0.269 e. The van der Waals surface area contributed by atoms with Crippen LogP contribution in [0, 0.1) is 16.0 Å². The molecule has 2 N–H and O–H groups in total. The van der Waals surface area contributed by atoms with E-state index in [0.717, 1.165) is 28.8 Å². The fraction of sp³-hybridized carbons (Fsp3) is 0.343. The molecule has 1 fully saturated rings. The number of amides is 3. The number of carbonyl (C=O) groups excluding carboxylic acids is 3. The number of nitro groups is 1. The molecule has 3 heterocycles. The number of hydrogen-bond acceptors (Lipinski definition) is 7. The zero-order valence-corrected chi connectivity index (χ0v) is 25.5. The second-order valence-electron chi connectivity index (χ2n) is 12.2. The number of aliphatic hydroxyl groups excluding tert-OH is 1. The number of nitro benzene ring substituents is 1. The molecule has 46 heavy (non-hydrogen) atoms. The molecule has 3 aromatic carbocycles. The van der Waals surface area contributed by atoms with Gasteiger partial charge in [0.2, 0.25) is 11.8 Å². The van der Waals surface area contributed by atoms with Crippen LogP contribution >= 0.6 is 0 Å². The molecule has 3 aliphatic heterocycles. The highest BCUT2D eigenvalue weighted by atomic mass is 16.6. The van der Waals surface area contributed by atoms with Gasteiger partial charge in [0.1, 0.15) is 0 Å². The highest BCUT2D eigenvalue weighted by Crippen LogP contribution is 2.47. The summed E-state index contributed by atoms with van der Waals surface area (Å²) >= 11 is 0. The fourth-order valence-electron chi connectivity index (χ4n) is 6.80. The molecule has 3 aromatic rings. The summed E-state index contributed by atoms with van der Waals surface area (Å²) in [5, 5.41) is 33.7. The van der Waals surface area contributed by atoms with Crippen molar-refractivity contribution in [3.8, 4) is 0 Å². The minimum atomic E-state index is -2.12. The van der Waals surface area contributed by atoms with E-state index in [0.29, 0.717) is 31.6 Å². The molecule has 0 bridgehead atoms. The average Bonchev–Trinajstić information content (AvgIpc) is 3.59. The van der Waals surface area contributed by atoms with Gasteiger partial charge in [0.05, 0.1) is 29.8 Å². The lowest BCUT2D eigenvalue weighted by Gasteiger charge is -2.36. The van der Waals surface area contributed by atoms with Crippen LogP contribution in [0.2, 0.25) is 0 Å². The molecule has 0 aromatic heterocycles. The van der Waals surface area contributed by atoms with Gasteiger partial charge in [0, 0.05) is 55.2 Å². The molecule has 0 spiro atoms. The predicted octanol–water partition coefficient (Wildman–Crippen LogP) is 3.98. The first-order valence-electron chi connectivity index (χ1n) is 15.5. The SMILES string of the molecule is C[C@@H](/C=C/CC(=O)N1Cc2ccccc2C[C@H]1CO)[C@]1(O)C(=O)N(Cc2cccc(N3CCCC3=O)c2)c2ccc([N+](=O)[O-])cc21. The van der Waals surface area contributed by atoms with Crippen molar-refractivity contribution in [3.63, 3.8) is 0 Å². The van der Waals surface area contributed by atoms with Crippen LogP contribution in [0.1, 0.15) is 48.4 Å². The van der Waals surface area contributed by atoms with Gasteiger partial charge >= 0.3 is 0 Å². The lowest BCUT2D eigenvalue weighted by Crippen LogP contribution is -2.46. The van der Waals surface area contributed by atoms with Crippen molar-refractivity contribution in [3.05, 3.63) is 111 Å².